The van der Waals surface area contributed by atoms with Crippen molar-refractivity contribution in [1.29, 1.82) is 0 Å². The lowest BCUT2D eigenvalue weighted by Gasteiger charge is -2.10. The number of hydrogen-bond acceptors (Lipinski definition) is 5. The molecule has 0 bridgehead atoms. The van der Waals surface area contributed by atoms with Crippen LogP contribution in [0.1, 0.15) is 20.3 Å². The number of carbonyl (C=O) groups is 1. The molecule has 0 saturated heterocycles. The van der Waals surface area contributed by atoms with Crippen molar-refractivity contribution in [3.8, 4) is 0 Å². The Morgan fingerprint density at radius 3 is 2.68 bits per heavy atom. The van der Waals surface area contributed by atoms with Crippen LogP contribution >= 0.6 is 0 Å². The summed E-state index contributed by atoms with van der Waals surface area (Å²) in [6.45, 7) is 3.59. The van der Waals surface area contributed by atoms with Crippen LogP contribution < -0.4 is 0 Å². The summed E-state index contributed by atoms with van der Waals surface area (Å²) in [7, 11) is -1.78. The fourth-order valence-corrected chi connectivity index (χ4v) is 2.37. The highest BCUT2D eigenvalue weighted by atomic mass is 32.2. The normalized spacial score (nSPS) is 13.6. The Morgan fingerprint density at radius 1 is 1.47 bits per heavy atom. The van der Waals surface area contributed by atoms with E-state index in [0.717, 1.165) is 0 Å². The Balaban J connectivity index is 2.79. The molecule has 6 nitrogen and oxygen atoms in total. The van der Waals surface area contributed by atoms with Gasteiger partial charge in [-0.3, -0.25) is 19.1 Å². The van der Waals surface area contributed by atoms with E-state index in [2.05, 4.69) is 0 Å². The average molecular weight is 285 g/mol. The van der Waals surface area contributed by atoms with Crippen LogP contribution in [0, 0.1) is 10.1 Å². The monoisotopic (exact) mass is 285 g/mol. The van der Waals surface area contributed by atoms with Crippen LogP contribution in [0.25, 0.3) is 0 Å². The second-order valence-corrected chi connectivity index (χ2v) is 5.34. The van der Waals surface area contributed by atoms with E-state index in [-0.39, 0.29) is 22.4 Å². The van der Waals surface area contributed by atoms with Gasteiger partial charge in [0.25, 0.3) is 5.69 Å². The maximum Gasteiger partial charge on any atom is 0.319 e. The first-order valence-corrected chi connectivity index (χ1v) is 7.08. The van der Waals surface area contributed by atoms with Crippen LogP contribution in [-0.4, -0.2) is 27.0 Å². The van der Waals surface area contributed by atoms with Gasteiger partial charge in [0.15, 0.2) is 0 Å². The topological polar surface area (TPSA) is 86.5 Å². The molecule has 0 aliphatic heterocycles. The third-order valence-electron chi connectivity index (χ3n) is 2.46. The van der Waals surface area contributed by atoms with E-state index < -0.39 is 21.7 Å². The van der Waals surface area contributed by atoms with Gasteiger partial charge in [-0.1, -0.05) is 19.1 Å². The lowest BCUT2D eigenvalue weighted by Crippen LogP contribution is -2.20. The minimum absolute atomic E-state index is 0.0357. The molecular formula is C12H15NO5S. The first-order valence-electron chi connectivity index (χ1n) is 5.77. The summed E-state index contributed by atoms with van der Waals surface area (Å²) in [4.78, 5) is 21.7. The van der Waals surface area contributed by atoms with Gasteiger partial charge >= 0.3 is 5.97 Å². The Kier molecular flexibility index (Phi) is 5.62. The molecule has 1 aromatic rings. The van der Waals surface area contributed by atoms with Crippen LogP contribution in [0.3, 0.4) is 0 Å². The molecule has 0 amide bonds. The van der Waals surface area contributed by atoms with E-state index in [9.17, 15) is 19.1 Å². The van der Waals surface area contributed by atoms with Crippen LogP contribution in [0.15, 0.2) is 29.2 Å². The van der Waals surface area contributed by atoms with Crippen molar-refractivity contribution in [2.24, 2.45) is 0 Å². The fourth-order valence-electron chi connectivity index (χ4n) is 1.33. The number of esters is 1. The molecule has 0 N–H and O–H groups in total. The molecule has 19 heavy (non-hydrogen) atoms. The van der Waals surface area contributed by atoms with Gasteiger partial charge < -0.3 is 4.74 Å². The van der Waals surface area contributed by atoms with E-state index in [1.54, 1.807) is 13.0 Å². The first-order chi connectivity index (χ1) is 8.95. The first kappa shape index (κ1) is 15.3. The van der Waals surface area contributed by atoms with Gasteiger partial charge in [-0.25, -0.2) is 0 Å². The second-order valence-electron chi connectivity index (χ2n) is 3.92. The standard InChI is InChI=1S/C12H15NO5S/c1-3-9(2)18-12(14)8-19(17)11-7-5-4-6-10(11)13(15)16/h4-7,9H,3,8H2,1-2H3/t9-,19-/m0/s1. The Hall–Kier alpha value is -1.76. The summed E-state index contributed by atoms with van der Waals surface area (Å²) < 4.78 is 16.9. The van der Waals surface area contributed by atoms with Crippen molar-refractivity contribution in [3.63, 3.8) is 0 Å². The number of carbonyl (C=O) groups excluding carboxylic acids is 1. The van der Waals surface area contributed by atoms with Gasteiger partial charge in [0.05, 0.1) is 21.8 Å². The van der Waals surface area contributed by atoms with Crippen LogP contribution in [-0.2, 0) is 20.3 Å². The molecule has 1 aromatic carbocycles. The van der Waals surface area contributed by atoms with Crippen LogP contribution in [0.2, 0.25) is 0 Å². The van der Waals surface area contributed by atoms with E-state index >= 15 is 0 Å². The summed E-state index contributed by atoms with van der Waals surface area (Å²) in [6, 6.07) is 5.66. The van der Waals surface area contributed by atoms with Gasteiger partial charge in [-0.2, -0.15) is 0 Å². The van der Waals surface area contributed by atoms with Gasteiger partial charge in [0.2, 0.25) is 0 Å². The van der Waals surface area contributed by atoms with Crippen LogP contribution in [0.4, 0.5) is 5.69 Å². The Bertz CT molecular complexity index is 503. The van der Waals surface area contributed by atoms with Crippen molar-refractivity contribution in [1.82, 2.24) is 0 Å². The summed E-state index contributed by atoms with van der Waals surface area (Å²) in [5, 5.41) is 10.8. The quantitative estimate of drug-likeness (QED) is 0.453. The predicted molar refractivity (Wildman–Crippen MR) is 70.2 cm³/mol. The molecule has 0 unspecified atom stereocenters. The second kappa shape index (κ2) is 6.98. The van der Waals surface area contributed by atoms with E-state index in [1.165, 1.54) is 18.2 Å². The van der Waals surface area contributed by atoms with Gasteiger partial charge in [-0.05, 0) is 19.4 Å². The van der Waals surface area contributed by atoms with Crippen molar-refractivity contribution in [3.05, 3.63) is 34.4 Å². The highest BCUT2D eigenvalue weighted by molar-refractivity contribution is 7.85. The smallest absolute Gasteiger partial charge is 0.319 e. The molecular weight excluding hydrogens is 270 g/mol. The highest BCUT2D eigenvalue weighted by Gasteiger charge is 2.21. The SMILES string of the molecule is CC[C@H](C)OC(=O)C[S@](=O)c1ccccc1[N+](=O)[O-]. The minimum atomic E-state index is -1.78. The molecule has 0 heterocycles. The zero-order chi connectivity index (χ0) is 14.4. The number of rotatable bonds is 6. The molecule has 0 aliphatic rings. The maximum absolute atomic E-state index is 12.0. The summed E-state index contributed by atoms with van der Waals surface area (Å²) in [5.74, 6) is -0.999. The van der Waals surface area contributed by atoms with E-state index in [0.29, 0.717) is 6.42 Å². The Labute approximate surface area is 113 Å². The third kappa shape index (κ3) is 4.44. The van der Waals surface area contributed by atoms with Crippen molar-refractivity contribution < 1.29 is 18.7 Å². The lowest BCUT2D eigenvalue weighted by molar-refractivity contribution is -0.387. The number of benzene rings is 1. The van der Waals surface area contributed by atoms with Crippen molar-refractivity contribution in [2.75, 3.05) is 5.75 Å². The lowest BCUT2D eigenvalue weighted by atomic mass is 10.3. The fraction of sp³-hybridized carbons (Fsp3) is 0.417. The number of hydrogen-bond donors (Lipinski definition) is 0. The largest absolute Gasteiger partial charge is 0.462 e. The van der Waals surface area contributed by atoms with Gasteiger partial charge in [0.1, 0.15) is 10.6 Å². The Morgan fingerprint density at radius 2 is 2.11 bits per heavy atom. The molecule has 0 spiro atoms. The minimum Gasteiger partial charge on any atom is -0.462 e. The van der Waals surface area contributed by atoms with E-state index in [4.69, 9.17) is 4.74 Å². The summed E-state index contributed by atoms with van der Waals surface area (Å²) in [6.07, 6.45) is 0.402. The average Bonchev–Trinajstić information content (AvgIpc) is 2.38. The van der Waals surface area contributed by atoms with Gasteiger partial charge in [0, 0.05) is 6.07 Å². The van der Waals surface area contributed by atoms with Crippen LogP contribution in [0.5, 0.6) is 0 Å². The maximum atomic E-state index is 12.0. The molecule has 0 fully saturated rings. The molecule has 0 aromatic heterocycles. The van der Waals surface area contributed by atoms with Crippen molar-refractivity contribution in [2.45, 2.75) is 31.3 Å². The number of nitrogens with zero attached hydrogens (tertiary/aromatic N) is 1. The molecule has 0 saturated carbocycles. The zero-order valence-electron chi connectivity index (χ0n) is 10.7. The predicted octanol–water partition coefficient (Wildman–Crippen LogP) is 2.04. The number of para-hydroxylation sites is 1. The highest BCUT2D eigenvalue weighted by Crippen LogP contribution is 2.21. The third-order valence-corrected chi connectivity index (χ3v) is 3.80. The van der Waals surface area contributed by atoms with E-state index in [1.807, 2.05) is 6.92 Å². The number of ether oxygens (including phenoxy) is 1. The molecule has 7 heteroatoms. The molecule has 0 aliphatic carbocycles. The molecule has 0 radical (unpaired) electrons. The van der Waals surface area contributed by atoms with Gasteiger partial charge in [-0.15, -0.1) is 0 Å². The molecule has 104 valence electrons. The molecule has 1 rings (SSSR count). The summed E-state index contributed by atoms with van der Waals surface area (Å²) >= 11 is 0. The summed E-state index contributed by atoms with van der Waals surface area (Å²) in [5.41, 5.74) is -0.253. The molecule has 2 atom stereocenters. The van der Waals surface area contributed by atoms with Crippen molar-refractivity contribution >= 4 is 22.5 Å². The zero-order valence-corrected chi connectivity index (χ0v) is 11.5. The number of nitro groups is 1. The number of nitro benzene ring substituents is 1.